The maximum absolute atomic E-state index is 14.9. The number of aromatic nitrogens is 1. The molecule has 0 radical (unpaired) electrons. The van der Waals surface area contributed by atoms with Crippen molar-refractivity contribution in [2.75, 3.05) is 24.6 Å². The molecule has 2 heterocycles. The molecule has 1 unspecified atom stereocenters. The topological polar surface area (TPSA) is 120 Å². The summed E-state index contributed by atoms with van der Waals surface area (Å²) < 4.78 is 30.2. The molecule has 1 aliphatic rings. The number of benzene rings is 2. The first-order chi connectivity index (χ1) is 15.5. The van der Waals surface area contributed by atoms with Crippen molar-refractivity contribution in [3.63, 3.8) is 0 Å². The third-order valence-electron chi connectivity index (χ3n) is 4.86. The SMILES string of the molecule is NC(=O)CNCc1ccc(-c2ccc(N3CC(COc4ccon4)OC3=O)cc2F)cc1. The molecule has 0 aliphatic carbocycles. The van der Waals surface area contributed by atoms with E-state index in [0.717, 1.165) is 5.56 Å². The van der Waals surface area contributed by atoms with E-state index in [9.17, 15) is 14.0 Å². The molecule has 1 saturated heterocycles. The van der Waals surface area contributed by atoms with Crippen molar-refractivity contribution in [1.82, 2.24) is 10.5 Å². The van der Waals surface area contributed by atoms with Crippen molar-refractivity contribution in [2.24, 2.45) is 5.73 Å². The zero-order chi connectivity index (χ0) is 22.5. The molecule has 2 aromatic carbocycles. The third-order valence-corrected chi connectivity index (χ3v) is 4.86. The normalized spacial score (nSPS) is 15.6. The van der Waals surface area contributed by atoms with Gasteiger partial charge in [-0.3, -0.25) is 9.69 Å². The van der Waals surface area contributed by atoms with Gasteiger partial charge in [0.25, 0.3) is 5.88 Å². The van der Waals surface area contributed by atoms with E-state index in [0.29, 0.717) is 29.2 Å². The van der Waals surface area contributed by atoms with Gasteiger partial charge in [0.2, 0.25) is 5.91 Å². The molecule has 3 aromatic rings. The Bertz CT molecular complexity index is 1090. The van der Waals surface area contributed by atoms with E-state index in [4.69, 9.17) is 15.2 Å². The lowest BCUT2D eigenvalue weighted by atomic mass is 10.0. The second kappa shape index (κ2) is 9.48. The highest BCUT2D eigenvalue weighted by molar-refractivity contribution is 5.90. The van der Waals surface area contributed by atoms with Gasteiger partial charge < -0.3 is 25.0 Å². The summed E-state index contributed by atoms with van der Waals surface area (Å²) in [6.45, 7) is 0.895. The summed E-state index contributed by atoms with van der Waals surface area (Å²) in [5.74, 6) is -0.596. The fourth-order valence-corrected chi connectivity index (χ4v) is 3.31. The number of anilines is 1. The molecule has 1 aromatic heterocycles. The highest BCUT2D eigenvalue weighted by atomic mass is 19.1. The van der Waals surface area contributed by atoms with Gasteiger partial charge in [0.1, 0.15) is 18.7 Å². The van der Waals surface area contributed by atoms with E-state index in [-0.39, 0.29) is 19.7 Å². The molecule has 0 saturated carbocycles. The average molecular weight is 440 g/mol. The summed E-state index contributed by atoms with van der Waals surface area (Å²) in [4.78, 5) is 24.4. The Morgan fingerprint density at radius 1 is 1.25 bits per heavy atom. The first-order valence-corrected chi connectivity index (χ1v) is 9.89. The molecule has 3 N–H and O–H groups in total. The van der Waals surface area contributed by atoms with Crippen LogP contribution in [0.4, 0.5) is 14.9 Å². The van der Waals surface area contributed by atoms with E-state index in [1.807, 2.05) is 12.1 Å². The van der Waals surface area contributed by atoms with E-state index < -0.39 is 23.9 Å². The average Bonchev–Trinajstić information content (AvgIpc) is 3.42. The second-order valence-corrected chi connectivity index (χ2v) is 7.20. The number of halogens is 1. The Morgan fingerprint density at radius 2 is 2.06 bits per heavy atom. The van der Waals surface area contributed by atoms with Crippen LogP contribution in [0.1, 0.15) is 5.56 Å². The van der Waals surface area contributed by atoms with Gasteiger partial charge in [0, 0.05) is 18.2 Å². The lowest BCUT2D eigenvalue weighted by Gasteiger charge is -2.14. The van der Waals surface area contributed by atoms with E-state index in [2.05, 4.69) is 15.0 Å². The van der Waals surface area contributed by atoms with Gasteiger partial charge in [-0.05, 0) is 34.5 Å². The maximum atomic E-state index is 14.9. The molecule has 0 bridgehead atoms. The number of carbonyl (C=O) groups is 2. The highest BCUT2D eigenvalue weighted by Gasteiger charge is 2.33. The first kappa shape index (κ1) is 21.3. The van der Waals surface area contributed by atoms with Gasteiger partial charge in [-0.1, -0.05) is 24.3 Å². The van der Waals surface area contributed by atoms with Crippen LogP contribution in [-0.2, 0) is 16.1 Å². The quantitative estimate of drug-likeness (QED) is 0.524. The number of rotatable bonds is 9. The second-order valence-electron chi connectivity index (χ2n) is 7.20. The summed E-state index contributed by atoms with van der Waals surface area (Å²) >= 11 is 0. The predicted octanol–water partition coefficient (Wildman–Crippen LogP) is 2.46. The molecule has 9 nitrogen and oxygen atoms in total. The van der Waals surface area contributed by atoms with Gasteiger partial charge in [-0.2, -0.15) is 0 Å². The Morgan fingerprint density at radius 3 is 2.75 bits per heavy atom. The minimum atomic E-state index is -0.571. The number of nitrogens with zero attached hydrogens (tertiary/aromatic N) is 2. The summed E-state index contributed by atoms with van der Waals surface area (Å²) in [6, 6.07) is 13.4. The van der Waals surface area contributed by atoms with Crippen molar-refractivity contribution >= 4 is 17.7 Å². The van der Waals surface area contributed by atoms with Crippen LogP contribution in [0, 0.1) is 5.82 Å². The van der Waals surface area contributed by atoms with Crippen molar-refractivity contribution in [3.8, 4) is 17.0 Å². The first-order valence-electron chi connectivity index (χ1n) is 9.89. The minimum Gasteiger partial charge on any atom is -0.471 e. The van der Waals surface area contributed by atoms with E-state index in [1.165, 1.54) is 17.2 Å². The molecule has 32 heavy (non-hydrogen) atoms. The predicted molar refractivity (Wildman–Crippen MR) is 112 cm³/mol. The Labute approximate surface area is 182 Å². The summed E-state index contributed by atoms with van der Waals surface area (Å²) in [5, 5.41) is 6.55. The van der Waals surface area contributed by atoms with Crippen LogP contribution < -0.4 is 20.7 Å². The molecule has 2 amide bonds. The largest absolute Gasteiger partial charge is 0.471 e. The molecular formula is C22H21FN4O5. The van der Waals surface area contributed by atoms with Crippen LogP contribution in [0.5, 0.6) is 5.88 Å². The number of nitrogens with one attached hydrogen (secondary N) is 1. The Balaban J connectivity index is 1.39. The summed E-state index contributed by atoms with van der Waals surface area (Å²) in [7, 11) is 0. The fraction of sp³-hybridized carbons (Fsp3) is 0.227. The smallest absolute Gasteiger partial charge is 0.414 e. The highest BCUT2D eigenvalue weighted by Crippen LogP contribution is 2.29. The maximum Gasteiger partial charge on any atom is 0.414 e. The minimum absolute atomic E-state index is 0.0873. The molecule has 1 atom stereocenters. The molecule has 1 aliphatic heterocycles. The number of hydrogen-bond donors (Lipinski definition) is 2. The Kier molecular flexibility index (Phi) is 6.31. The van der Waals surface area contributed by atoms with Gasteiger partial charge >= 0.3 is 6.09 Å². The zero-order valence-electron chi connectivity index (χ0n) is 17.0. The molecule has 10 heteroatoms. The standard InChI is InChI=1S/C22H21FN4O5/c23-19-9-16(27-12-17(32-22(27)29)13-30-21-7-8-31-26-21)5-6-18(19)15-3-1-14(2-4-15)10-25-11-20(24)28/h1-9,17,25H,10-13H2,(H2,24,28). The lowest BCUT2D eigenvalue weighted by Crippen LogP contribution is -2.28. The number of amides is 2. The monoisotopic (exact) mass is 440 g/mol. The van der Waals surface area contributed by atoms with Gasteiger partial charge in [0.05, 0.1) is 18.8 Å². The summed E-state index contributed by atoms with van der Waals surface area (Å²) in [5.41, 5.74) is 7.52. The fourth-order valence-electron chi connectivity index (χ4n) is 3.31. The number of carbonyl (C=O) groups excluding carboxylic acids is 2. The van der Waals surface area contributed by atoms with Crippen LogP contribution in [0.15, 0.2) is 59.3 Å². The molecule has 166 valence electrons. The molecular weight excluding hydrogens is 419 g/mol. The van der Waals surface area contributed by atoms with Crippen molar-refractivity contribution in [3.05, 3.63) is 66.2 Å². The number of cyclic esters (lactones) is 1. The van der Waals surface area contributed by atoms with Crippen LogP contribution in [0.3, 0.4) is 0 Å². The van der Waals surface area contributed by atoms with Crippen molar-refractivity contribution in [1.29, 1.82) is 0 Å². The van der Waals surface area contributed by atoms with Gasteiger partial charge in [-0.15, -0.1) is 0 Å². The molecule has 0 spiro atoms. The number of nitrogens with two attached hydrogens (primary N) is 1. The number of primary amides is 1. The molecule has 1 fully saturated rings. The lowest BCUT2D eigenvalue weighted by molar-refractivity contribution is -0.117. The van der Waals surface area contributed by atoms with Crippen molar-refractivity contribution in [2.45, 2.75) is 12.6 Å². The van der Waals surface area contributed by atoms with Crippen LogP contribution in [0.25, 0.3) is 11.1 Å². The molecule has 4 rings (SSSR count). The van der Waals surface area contributed by atoms with E-state index in [1.54, 1.807) is 30.3 Å². The number of ether oxygens (including phenoxy) is 2. The van der Waals surface area contributed by atoms with Crippen molar-refractivity contribution < 1.29 is 28.0 Å². The zero-order valence-corrected chi connectivity index (χ0v) is 17.0. The van der Waals surface area contributed by atoms with E-state index >= 15 is 0 Å². The third kappa shape index (κ3) is 5.03. The van der Waals surface area contributed by atoms with Crippen LogP contribution >= 0.6 is 0 Å². The van der Waals surface area contributed by atoms with Crippen LogP contribution in [0.2, 0.25) is 0 Å². The van der Waals surface area contributed by atoms with Gasteiger partial charge in [0.15, 0.2) is 6.10 Å². The Hall–Kier alpha value is -3.92. The van der Waals surface area contributed by atoms with Crippen LogP contribution in [-0.4, -0.2) is 43.0 Å². The van der Waals surface area contributed by atoms with Gasteiger partial charge in [-0.25, -0.2) is 9.18 Å². The summed E-state index contributed by atoms with van der Waals surface area (Å²) in [6.07, 6.45) is 0.289. The number of hydrogen-bond acceptors (Lipinski definition) is 7.